The molecule has 0 aliphatic carbocycles. The second-order valence-corrected chi connectivity index (χ2v) is 8.58. The molecule has 3 N–H and O–H groups in total. The highest BCUT2D eigenvalue weighted by molar-refractivity contribution is 5.80. The Balaban J connectivity index is 1.80. The zero-order chi connectivity index (χ0) is 22.5. The molecule has 4 aromatic rings. The van der Waals surface area contributed by atoms with Gasteiger partial charge < -0.3 is 15.6 Å². The van der Waals surface area contributed by atoms with Crippen molar-refractivity contribution in [3.63, 3.8) is 0 Å². The number of aromatic nitrogens is 6. The molecule has 1 aromatic carbocycles. The Labute approximate surface area is 178 Å². The lowest BCUT2D eigenvalue weighted by Gasteiger charge is -2.25. The third kappa shape index (κ3) is 3.81. The summed E-state index contributed by atoms with van der Waals surface area (Å²) in [5.74, 6) is 0.868. The first-order valence-corrected chi connectivity index (χ1v) is 9.97. The molecule has 162 valence electrons. The summed E-state index contributed by atoms with van der Waals surface area (Å²) in [5, 5.41) is 0.936. The van der Waals surface area contributed by atoms with Gasteiger partial charge in [-0.05, 0) is 26.8 Å². The van der Waals surface area contributed by atoms with E-state index in [0.717, 1.165) is 21.2 Å². The molecule has 0 saturated carbocycles. The standard InChI is InChI=1S/C21H26N8O2/c1-12-13-8-6-7-9-14(13)24-15(23-12)10-29-18(30)16-17(28(5)20(29)31)26-19(25-16)27(4)11-21(2,3)22/h6-9H,10-11,22H2,1-5H3,(H,25,26). The van der Waals surface area contributed by atoms with Crippen molar-refractivity contribution < 1.29 is 0 Å². The Hall–Kier alpha value is -3.53. The van der Waals surface area contributed by atoms with Crippen molar-refractivity contribution in [1.29, 1.82) is 0 Å². The summed E-state index contributed by atoms with van der Waals surface area (Å²) < 4.78 is 2.48. The van der Waals surface area contributed by atoms with E-state index < -0.39 is 16.8 Å². The summed E-state index contributed by atoms with van der Waals surface area (Å²) in [5.41, 5.74) is 6.80. The smallest absolute Gasteiger partial charge is 0.332 e. The number of aromatic amines is 1. The summed E-state index contributed by atoms with van der Waals surface area (Å²) in [6.45, 7) is 6.17. The van der Waals surface area contributed by atoms with E-state index >= 15 is 0 Å². The van der Waals surface area contributed by atoms with E-state index in [9.17, 15) is 9.59 Å². The first kappa shape index (κ1) is 20.7. The number of aryl methyl sites for hydroxylation is 2. The predicted molar refractivity (Wildman–Crippen MR) is 121 cm³/mol. The molecule has 0 saturated heterocycles. The minimum absolute atomic E-state index is 0.0346. The highest BCUT2D eigenvalue weighted by Crippen LogP contribution is 2.16. The first-order chi connectivity index (χ1) is 14.5. The summed E-state index contributed by atoms with van der Waals surface area (Å²) in [4.78, 5) is 44.5. The van der Waals surface area contributed by atoms with Crippen LogP contribution in [-0.4, -0.2) is 48.2 Å². The van der Waals surface area contributed by atoms with Gasteiger partial charge in [0.1, 0.15) is 5.82 Å². The number of nitrogens with zero attached hydrogens (tertiary/aromatic N) is 6. The van der Waals surface area contributed by atoms with Gasteiger partial charge in [0, 0.05) is 37.3 Å². The van der Waals surface area contributed by atoms with Gasteiger partial charge in [-0.25, -0.2) is 14.8 Å². The summed E-state index contributed by atoms with van der Waals surface area (Å²) >= 11 is 0. The van der Waals surface area contributed by atoms with Gasteiger partial charge >= 0.3 is 5.69 Å². The maximum atomic E-state index is 13.2. The van der Waals surface area contributed by atoms with Crippen LogP contribution < -0.4 is 21.9 Å². The Kier molecular flexibility index (Phi) is 4.89. The molecular weight excluding hydrogens is 396 g/mol. The Bertz CT molecular complexity index is 1410. The number of nitrogens with one attached hydrogen (secondary N) is 1. The molecule has 0 spiro atoms. The molecular formula is C21H26N8O2. The van der Waals surface area contributed by atoms with Gasteiger partial charge in [0.25, 0.3) is 5.56 Å². The van der Waals surface area contributed by atoms with Gasteiger partial charge in [-0.15, -0.1) is 0 Å². The van der Waals surface area contributed by atoms with Crippen molar-refractivity contribution in [3.05, 3.63) is 56.6 Å². The molecule has 4 rings (SSSR count). The van der Waals surface area contributed by atoms with Crippen LogP contribution in [-0.2, 0) is 13.6 Å². The molecule has 0 fully saturated rings. The second-order valence-electron chi connectivity index (χ2n) is 8.58. The van der Waals surface area contributed by atoms with Crippen LogP contribution in [0.15, 0.2) is 33.9 Å². The van der Waals surface area contributed by atoms with E-state index in [2.05, 4.69) is 19.9 Å². The molecule has 10 nitrogen and oxygen atoms in total. The van der Waals surface area contributed by atoms with Crippen LogP contribution in [0, 0.1) is 6.92 Å². The Morgan fingerprint density at radius 1 is 1.16 bits per heavy atom. The van der Waals surface area contributed by atoms with Crippen LogP contribution in [0.5, 0.6) is 0 Å². The fourth-order valence-electron chi connectivity index (χ4n) is 3.75. The molecule has 31 heavy (non-hydrogen) atoms. The van der Waals surface area contributed by atoms with Crippen LogP contribution in [0.25, 0.3) is 22.1 Å². The zero-order valence-corrected chi connectivity index (χ0v) is 18.3. The normalized spacial score (nSPS) is 12.1. The summed E-state index contributed by atoms with van der Waals surface area (Å²) in [6.07, 6.45) is 0. The lowest BCUT2D eigenvalue weighted by Crippen LogP contribution is -2.44. The lowest BCUT2D eigenvalue weighted by atomic mass is 10.1. The van der Waals surface area contributed by atoms with Crippen LogP contribution in [0.3, 0.4) is 0 Å². The van der Waals surface area contributed by atoms with E-state index in [-0.39, 0.29) is 12.1 Å². The minimum Gasteiger partial charge on any atom is -0.344 e. The van der Waals surface area contributed by atoms with Crippen LogP contribution >= 0.6 is 0 Å². The molecule has 3 aromatic heterocycles. The van der Waals surface area contributed by atoms with Gasteiger partial charge in [-0.1, -0.05) is 18.2 Å². The number of anilines is 1. The Morgan fingerprint density at radius 3 is 2.58 bits per heavy atom. The molecule has 0 unspecified atom stereocenters. The second kappa shape index (κ2) is 7.31. The first-order valence-electron chi connectivity index (χ1n) is 9.97. The molecule has 0 radical (unpaired) electrons. The van der Waals surface area contributed by atoms with Gasteiger partial charge in [0.05, 0.1) is 12.1 Å². The van der Waals surface area contributed by atoms with Crippen molar-refractivity contribution in [2.75, 3.05) is 18.5 Å². The SMILES string of the molecule is Cc1nc(Cn2c(=O)c3[nH]c(N(C)CC(C)(C)N)nc3n(C)c2=O)nc2ccccc12. The maximum Gasteiger partial charge on any atom is 0.332 e. The fraction of sp³-hybridized carbons (Fsp3) is 0.381. The molecule has 3 heterocycles. The molecule has 0 amide bonds. The van der Waals surface area contributed by atoms with Crippen molar-refractivity contribution in [3.8, 4) is 0 Å². The van der Waals surface area contributed by atoms with Gasteiger partial charge in [-0.3, -0.25) is 13.9 Å². The number of imidazole rings is 1. The number of para-hydroxylation sites is 1. The molecule has 10 heteroatoms. The van der Waals surface area contributed by atoms with Crippen LogP contribution in [0.2, 0.25) is 0 Å². The summed E-state index contributed by atoms with van der Waals surface area (Å²) in [6, 6.07) is 7.64. The number of benzene rings is 1. The van der Waals surface area contributed by atoms with Crippen molar-refractivity contribution in [2.45, 2.75) is 32.9 Å². The molecule has 0 aliphatic rings. The maximum absolute atomic E-state index is 13.2. The number of fused-ring (bicyclic) bond motifs is 2. The average Bonchev–Trinajstić information content (AvgIpc) is 3.14. The average molecular weight is 422 g/mol. The molecule has 0 atom stereocenters. The van der Waals surface area contributed by atoms with Crippen molar-refractivity contribution in [1.82, 2.24) is 29.1 Å². The van der Waals surface area contributed by atoms with Crippen molar-refractivity contribution in [2.24, 2.45) is 12.8 Å². The third-order valence-electron chi connectivity index (χ3n) is 5.11. The van der Waals surface area contributed by atoms with E-state index in [1.54, 1.807) is 7.05 Å². The largest absolute Gasteiger partial charge is 0.344 e. The predicted octanol–water partition coefficient (Wildman–Crippen LogP) is 0.897. The lowest BCUT2D eigenvalue weighted by molar-refractivity contribution is 0.516. The van der Waals surface area contributed by atoms with Gasteiger partial charge in [0.2, 0.25) is 5.95 Å². The monoisotopic (exact) mass is 422 g/mol. The minimum atomic E-state index is -0.480. The van der Waals surface area contributed by atoms with Crippen molar-refractivity contribution >= 4 is 28.0 Å². The number of rotatable bonds is 5. The Morgan fingerprint density at radius 2 is 1.87 bits per heavy atom. The quantitative estimate of drug-likeness (QED) is 0.489. The molecule has 0 bridgehead atoms. The van der Waals surface area contributed by atoms with Gasteiger partial charge in [0.15, 0.2) is 11.2 Å². The van der Waals surface area contributed by atoms with E-state index in [1.165, 1.54) is 4.57 Å². The number of hydrogen-bond acceptors (Lipinski definition) is 7. The highest BCUT2D eigenvalue weighted by Gasteiger charge is 2.21. The number of hydrogen-bond donors (Lipinski definition) is 2. The third-order valence-corrected chi connectivity index (χ3v) is 5.11. The van der Waals surface area contributed by atoms with E-state index in [4.69, 9.17) is 5.73 Å². The number of nitrogens with two attached hydrogens (primary N) is 1. The molecule has 0 aliphatic heterocycles. The van der Waals surface area contributed by atoms with E-state index in [1.807, 2.05) is 57.0 Å². The number of H-pyrrole nitrogens is 1. The van der Waals surface area contributed by atoms with Crippen LogP contribution in [0.1, 0.15) is 25.4 Å². The fourth-order valence-corrected chi connectivity index (χ4v) is 3.75. The zero-order valence-electron chi connectivity index (χ0n) is 18.3. The highest BCUT2D eigenvalue weighted by atomic mass is 16.2. The summed E-state index contributed by atoms with van der Waals surface area (Å²) in [7, 11) is 3.42. The van der Waals surface area contributed by atoms with E-state index in [0.29, 0.717) is 24.0 Å². The van der Waals surface area contributed by atoms with Crippen LogP contribution in [0.4, 0.5) is 5.95 Å². The number of likely N-dealkylation sites (N-methyl/N-ethyl adjacent to an activating group) is 1. The topological polar surface area (TPSA) is 128 Å². The van der Waals surface area contributed by atoms with Gasteiger partial charge in [-0.2, -0.15) is 4.98 Å².